The largest absolute Gasteiger partial charge is 0.480 e. The zero-order valence-corrected chi connectivity index (χ0v) is 8.04. The van der Waals surface area contributed by atoms with Crippen LogP contribution >= 0.6 is 0 Å². The van der Waals surface area contributed by atoms with Gasteiger partial charge >= 0.3 is 5.97 Å². The van der Waals surface area contributed by atoms with E-state index in [-0.39, 0.29) is 5.75 Å². The van der Waals surface area contributed by atoms with Gasteiger partial charge in [-0.05, 0) is 6.42 Å². The number of hydrogen-bond donors (Lipinski definition) is 3. The number of aliphatic hydroxyl groups excluding tert-OH is 1. The zero-order chi connectivity index (χ0) is 10.5. The molecule has 0 spiro atoms. The maximum atomic E-state index is 11.0. The summed E-state index contributed by atoms with van der Waals surface area (Å²) in [5.41, 5.74) is 0. The SMILES string of the molecule is CCCS(=O)(=O)N[C@@H](CO)C(=O)O. The van der Waals surface area contributed by atoms with E-state index in [9.17, 15) is 13.2 Å². The fraction of sp³-hybridized carbons (Fsp3) is 0.833. The van der Waals surface area contributed by atoms with Crippen molar-refractivity contribution in [1.82, 2.24) is 4.72 Å². The smallest absolute Gasteiger partial charge is 0.324 e. The number of hydrogen-bond acceptors (Lipinski definition) is 4. The van der Waals surface area contributed by atoms with E-state index in [0.29, 0.717) is 6.42 Å². The second-order valence-electron chi connectivity index (χ2n) is 2.51. The summed E-state index contributed by atoms with van der Waals surface area (Å²) in [6.07, 6.45) is 0.396. The van der Waals surface area contributed by atoms with E-state index in [4.69, 9.17) is 10.2 Å². The Kier molecular flexibility index (Phi) is 4.89. The summed E-state index contributed by atoms with van der Waals surface area (Å²) in [5, 5.41) is 16.9. The third-order valence-electron chi connectivity index (χ3n) is 1.28. The van der Waals surface area contributed by atoms with Gasteiger partial charge in [-0.25, -0.2) is 8.42 Å². The van der Waals surface area contributed by atoms with Gasteiger partial charge in [0.1, 0.15) is 6.04 Å². The molecule has 0 unspecified atom stereocenters. The van der Waals surface area contributed by atoms with E-state index in [0.717, 1.165) is 0 Å². The van der Waals surface area contributed by atoms with Crippen molar-refractivity contribution >= 4 is 16.0 Å². The maximum Gasteiger partial charge on any atom is 0.324 e. The highest BCUT2D eigenvalue weighted by molar-refractivity contribution is 7.89. The highest BCUT2D eigenvalue weighted by Crippen LogP contribution is 1.92. The highest BCUT2D eigenvalue weighted by Gasteiger charge is 2.22. The van der Waals surface area contributed by atoms with Crippen molar-refractivity contribution in [2.24, 2.45) is 0 Å². The Morgan fingerprint density at radius 2 is 2.08 bits per heavy atom. The van der Waals surface area contributed by atoms with Gasteiger partial charge in [-0.1, -0.05) is 6.92 Å². The van der Waals surface area contributed by atoms with Crippen LogP contribution in [0.25, 0.3) is 0 Å². The lowest BCUT2D eigenvalue weighted by Crippen LogP contribution is -2.44. The van der Waals surface area contributed by atoms with E-state index in [2.05, 4.69) is 0 Å². The number of rotatable bonds is 6. The Morgan fingerprint density at radius 1 is 1.54 bits per heavy atom. The fourth-order valence-corrected chi connectivity index (χ4v) is 1.97. The normalized spacial score (nSPS) is 14.0. The average Bonchev–Trinajstić information content (AvgIpc) is 1.99. The van der Waals surface area contributed by atoms with Crippen LogP contribution in [-0.4, -0.2) is 43.0 Å². The predicted molar refractivity (Wildman–Crippen MR) is 45.7 cm³/mol. The van der Waals surface area contributed by atoms with Crippen molar-refractivity contribution in [2.45, 2.75) is 19.4 Å². The van der Waals surface area contributed by atoms with Gasteiger partial charge in [-0.2, -0.15) is 4.72 Å². The van der Waals surface area contributed by atoms with Crippen molar-refractivity contribution in [3.8, 4) is 0 Å². The number of carboxylic acids is 1. The summed E-state index contributed by atoms with van der Waals surface area (Å²) in [6, 6.07) is -1.45. The standard InChI is InChI=1S/C6H13NO5S/c1-2-3-13(11,12)7-5(4-8)6(9)10/h5,7-8H,2-4H2,1H3,(H,9,10)/t5-/m0/s1. The molecular weight excluding hydrogens is 198 g/mol. The Bertz CT molecular complexity index is 260. The molecule has 0 saturated carbocycles. The van der Waals surface area contributed by atoms with Crippen LogP contribution in [0.5, 0.6) is 0 Å². The lowest BCUT2D eigenvalue weighted by molar-refractivity contribution is -0.139. The Labute approximate surface area is 76.6 Å². The molecule has 0 aliphatic carbocycles. The first-order valence-electron chi connectivity index (χ1n) is 3.76. The molecule has 3 N–H and O–H groups in total. The molecule has 7 heteroatoms. The van der Waals surface area contributed by atoms with E-state index in [1.807, 2.05) is 4.72 Å². The van der Waals surface area contributed by atoms with Crippen LogP contribution < -0.4 is 4.72 Å². The summed E-state index contributed by atoms with van der Waals surface area (Å²) in [6.45, 7) is 0.909. The number of nitrogens with one attached hydrogen (secondary N) is 1. The van der Waals surface area contributed by atoms with Gasteiger partial charge < -0.3 is 10.2 Å². The molecule has 6 nitrogen and oxygen atoms in total. The van der Waals surface area contributed by atoms with Crippen LogP contribution in [0.2, 0.25) is 0 Å². The molecule has 0 amide bonds. The van der Waals surface area contributed by atoms with Gasteiger partial charge in [0.25, 0.3) is 0 Å². The number of aliphatic carboxylic acids is 1. The van der Waals surface area contributed by atoms with E-state index >= 15 is 0 Å². The number of carbonyl (C=O) groups is 1. The third-order valence-corrected chi connectivity index (χ3v) is 2.86. The monoisotopic (exact) mass is 211 g/mol. The van der Waals surface area contributed by atoms with Crippen LogP contribution in [0.1, 0.15) is 13.3 Å². The van der Waals surface area contributed by atoms with Crippen molar-refractivity contribution in [1.29, 1.82) is 0 Å². The minimum Gasteiger partial charge on any atom is -0.480 e. The molecule has 0 saturated heterocycles. The third kappa shape index (κ3) is 4.81. The molecule has 0 aromatic rings. The molecule has 0 rings (SSSR count). The van der Waals surface area contributed by atoms with Crippen LogP contribution in [0.3, 0.4) is 0 Å². The molecule has 0 aromatic carbocycles. The second kappa shape index (κ2) is 5.15. The first-order valence-corrected chi connectivity index (χ1v) is 5.42. The number of sulfonamides is 1. The number of aliphatic hydroxyl groups is 1. The van der Waals surface area contributed by atoms with Crippen molar-refractivity contribution in [3.05, 3.63) is 0 Å². The van der Waals surface area contributed by atoms with Gasteiger partial charge in [-0.15, -0.1) is 0 Å². The van der Waals surface area contributed by atoms with Crippen molar-refractivity contribution in [3.63, 3.8) is 0 Å². The Balaban J connectivity index is 4.31. The minimum absolute atomic E-state index is 0.142. The zero-order valence-electron chi connectivity index (χ0n) is 7.23. The minimum atomic E-state index is -3.58. The van der Waals surface area contributed by atoms with Gasteiger partial charge in [0.05, 0.1) is 12.4 Å². The average molecular weight is 211 g/mol. The van der Waals surface area contributed by atoms with Crippen LogP contribution in [0, 0.1) is 0 Å². The Morgan fingerprint density at radius 3 is 2.38 bits per heavy atom. The van der Waals surface area contributed by atoms with Crippen molar-refractivity contribution in [2.75, 3.05) is 12.4 Å². The molecule has 78 valence electrons. The quantitative estimate of drug-likeness (QED) is 0.510. The van der Waals surface area contributed by atoms with E-state index in [1.165, 1.54) is 0 Å². The molecular formula is C6H13NO5S. The van der Waals surface area contributed by atoms with Crippen LogP contribution in [-0.2, 0) is 14.8 Å². The lowest BCUT2D eigenvalue weighted by atomic mass is 10.3. The van der Waals surface area contributed by atoms with Gasteiger partial charge in [-0.3, -0.25) is 4.79 Å². The summed E-state index contributed by atoms with van der Waals surface area (Å²) in [4.78, 5) is 10.3. The summed E-state index contributed by atoms with van der Waals surface area (Å²) < 4.78 is 23.9. The first-order chi connectivity index (χ1) is 5.93. The fourth-order valence-electron chi connectivity index (χ4n) is 0.710. The van der Waals surface area contributed by atoms with Crippen LogP contribution in [0.4, 0.5) is 0 Å². The number of carboxylic acid groups (broad SMARTS) is 1. The summed E-state index contributed by atoms with van der Waals surface area (Å²) in [5.74, 6) is -1.53. The molecule has 0 aromatic heterocycles. The van der Waals surface area contributed by atoms with Crippen molar-refractivity contribution < 1.29 is 23.4 Å². The second-order valence-corrected chi connectivity index (χ2v) is 4.38. The molecule has 13 heavy (non-hydrogen) atoms. The van der Waals surface area contributed by atoms with Gasteiger partial charge in [0.2, 0.25) is 10.0 Å². The molecule has 0 fully saturated rings. The van der Waals surface area contributed by atoms with Gasteiger partial charge in [0.15, 0.2) is 0 Å². The highest BCUT2D eigenvalue weighted by atomic mass is 32.2. The van der Waals surface area contributed by atoms with Crippen LogP contribution in [0.15, 0.2) is 0 Å². The molecule has 0 aliphatic heterocycles. The summed E-state index contributed by atoms with van der Waals surface area (Å²) in [7, 11) is -3.58. The molecule has 1 atom stereocenters. The Hall–Kier alpha value is -0.660. The maximum absolute atomic E-state index is 11.0. The molecule has 0 bridgehead atoms. The molecule has 0 heterocycles. The predicted octanol–water partition coefficient (Wildman–Crippen LogP) is -1.24. The topological polar surface area (TPSA) is 104 Å². The molecule has 0 aliphatic rings. The van der Waals surface area contributed by atoms with Gasteiger partial charge in [0, 0.05) is 0 Å². The first kappa shape index (κ1) is 12.3. The lowest BCUT2D eigenvalue weighted by Gasteiger charge is -2.10. The van der Waals surface area contributed by atoms with E-state index < -0.39 is 28.6 Å². The van der Waals surface area contributed by atoms with E-state index in [1.54, 1.807) is 6.92 Å². The molecule has 0 radical (unpaired) electrons. The summed E-state index contributed by atoms with van der Waals surface area (Å²) >= 11 is 0.